The molecule has 0 bridgehead atoms. The van der Waals surface area contributed by atoms with Gasteiger partial charge >= 0.3 is 0 Å². The molecule has 0 unspecified atom stereocenters. The van der Waals surface area contributed by atoms with Crippen LogP contribution in [0.25, 0.3) is 10.9 Å². The van der Waals surface area contributed by atoms with E-state index in [-0.39, 0.29) is 5.69 Å². The van der Waals surface area contributed by atoms with E-state index in [4.69, 9.17) is 11.6 Å². The molecule has 94 valence electrons. The second-order valence-corrected chi connectivity index (χ2v) is 4.17. The molecule has 18 heavy (non-hydrogen) atoms. The average molecular weight is 266 g/mol. The maximum absolute atomic E-state index is 12.2. The van der Waals surface area contributed by atoms with Gasteiger partial charge in [-0.05, 0) is 25.1 Å². The van der Waals surface area contributed by atoms with Crippen molar-refractivity contribution >= 4 is 28.4 Å². The molecule has 6 heteroatoms. The third-order valence-corrected chi connectivity index (χ3v) is 2.89. The Hall–Kier alpha value is -1.88. The zero-order valence-corrected chi connectivity index (χ0v) is 10.8. The van der Waals surface area contributed by atoms with Crippen molar-refractivity contribution in [2.24, 2.45) is 0 Å². The van der Waals surface area contributed by atoms with Gasteiger partial charge in [-0.1, -0.05) is 11.6 Å². The Morgan fingerprint density at radius 3 is 2.83 bits per heavy atom. The van der Waals surface area contributed by atoms with E-state index >= 15 is 0 Å². The van der Waals surface area contributed by atoms with Crippen LogP contribution in [-0.2, 0) is 6.54 Å². The van der Waals surface area contributed by atoms with Gasteiger partial charge in [0.15, 0.2) is 5.69 Å². The summed E-state index contributed by atoms with van der Waals surface area (Å²) in [7, 11) is 1.46. The molecule has 5 nitrogen and oxygen atoms in total. The first-order chi connectivity index (χ1) is 8.58. The maximum Gasteiger partial charge on any atom is 0.275 e. The summed E-state index contributed by atoms with van der Waals surface area (Å²) in [5, 5.41) is 7.33. The van der Waals surface area contributed by atoms with Gasteiger partial charge in [0.2, 0.25) is 5.43 Å². The van der Waals surface area contributed by atoms with Gasteiger partial charge in [-0.15, -0.1) is 0 Å². The maximum atomic E-state index is 12.2. The van der Waals surface area contributed by atoms with Crippen molar-refractivity contribution in [3.63, 3.8) is 0 Å². The molecule has 2 aromatic rings. The van der Waals surface area contributed by atoms with Gasteiger partial charge in [0, 0.05) is 18.6 Å². The summed E-state index contributed by atoms with van der Waals surface area (Å²) in [6, 6.07) is 4.97. The molecule has 0 saturated carbocycles. The zero-order chi connectivity index (χ0) is 13.3. The topological polar surface area (TPSA) is 64.0 Å². The molecule has 0 atom stereocenters. The van der Waals surface area contributed by atoms with Crippen LogP contribution in [-0.4, -0.2) is 22.7 Å². The Morgan fingerprint density at radius 2 is 2.22 bits per heavy atom. The van der Waals surface area contributed by atoms with Crippen molar-refractivity contribution in [3.05, 3.63) is 39.1 Å². The van der Waals surface area contributed by atoms with Crippen molar-refractivity contribution in [2.45, 2.75) is 13.5 Å². The molecule has 0 aliphatic heterocycles. The minimum absolute atomic E-state index is 0.117. The number of carbonyl (C=O) groups is 1. The Morgan fingerprint density at radius 1 is 1.50 bits per heavy atom. The number of aromatic nitrogens is 2. The van der Waals surface area contributed by atoms with Gasteiger partial charge in [0.1, 0.15) is 0 Å². The van der Waals surface area contributed by atoms with Gasteiger partial charge in [0.05, 0.1) is 10.9 Å². The molecule has 1 N–H and O–H groups in total. The highest BCUT2D eigenvalue weighted by molar-refractivity contribution is 6.31. The molecule has 1 heterocycles. The number of nitrogens with zero attached hydrogens (tertiary/aromatic N) is 2. The molecular weight excluding hydrogens is 254 g/mol. The quantitative estimate of drug-likeness (QED) is 0.893. The molecule has 1 amide bonds. The summed E-state index contributed by atoms with van der Waals surface area (Å²) in [4.78, 5) is 23.8. The van der Waals surface area contributed by atoms with Crippen molar-refractivity contribution in [3.8, 4) is 0 Å². The number of hydrogen-bond acceptors (Lipinski definition) is 3. The molecule has 1 aromatic heterocycles. The number of nitrogens with one attached hydrogen (secondary N) is 1. The molecule has 0 radical (unpaired) electrons. The minimum atomic E-state index is -0.496. The lowest BCUT2D eigenvalue weighted by atomic mass is 10.2. The van der Waals surface area contributed by atoms with Crippen molar-refractivity contribution in [2.75, 3.05) is 7.05 Å². The van der Waals surface area contributed by atoms with Crippen LogP contribution < -0.4 is 10.7 Å². The van der Waals surface area contributed by atoms with E-state index < -0.39 is 11.3 Å². The largest absolute Gasteiger partial charge is 0.354 e. The van der Waals surface area contributed by atoms with E-state index in [1.807, 2.05) is 6.92 Å². The fourth-order valence-electron chi connectivity index (χ4n) is 1.77. The predicted molar refractivity (Wildman–Crippen MR) is 70.1 cm³/mol. The summed E-state index contributed by atoms with van der Waals surface area (Å²) >= 11 is 5.88. The van der Waals surface area contributed by atoms with Crippen LogP contribution in [0, 0.1) is 0 Å². The molecule has 0 fully saturated rings. The molecule has 0 aliphatic rings. The normalized spacial score (nSPS) is 10.6. The van der Waals surface area contributed by atoms with Crippen LogP contribution in [0.2, 0.25) is 5.02 Å². The SMILES string of the molecule is CCn1nc(C(=O)NC)c(=O)c2cc(Cl)ccc21. The predicted octanol–water partition coefficient (Wildman–Crippen LogP) is 1.43. The highest BCUT2D eigenvalue weighted by Gasteiger charge is 2.15. The highest BCUT2D eigenvalue weighted by atomic mass is 35.5. The molecular formula is C12H12ClN3O2. The van der Waals surface area contributed by atoms with Crippen molar-refractivity contribution < 1.29 is 4.79 Å². The monoisotopic (exact) mass is 265 g/mol. The summed E-state index contributed by atoms with van der Waals surface area (Å²) in [6.45, 7) is 2.45. The summed E-state index contributed by atoms with van der Waals surface area (Å²) < 4.78 is 1.61. The van der Waals surface area contributed by atoms with E-state index in [0.29, 0.717) is 22.5 Å². The first kappa shape index (κ1) is 12.6. The van der Waals surface area contributed by atoms with Crippen molar-refractivity contribution in [1.29, 1.82) is 0 Å². The Balaban J connectivity index is 2.88. The number of benzene rings is 1. The third kappa shape index (κ3) is 1.97. The van der Waals surface area contributed by atoms with Crippen LogP contribution in [0.3, 0.4) is 0 Å². The summed E-state index contributed by atoms with van der Waals surface area (Å²) in [5.74, 6) is -0.496. The van der Waals surface area contributed by atoms with Crippen LogP contribution in [0.15, 0.2) is 23.0 Å². The van der Waals surface area contributed by atoms with Gasteiger partial charge in [-0.3, -0.25) is 14.3 Å². The first-order valence-corrected chi connectivity index (χ1v) is 5.88. The third-order valence-electron chi connectivity index (χ3n) is 2.66. The van der Waals surface area contributed by atoms with Crippen LogP contribution in [0.5, 0.6) is 0 Å². The zero-order valence-electron chi connectivity index (χ0n) is 10.0. The standard InChI is InChI=1S/C12H12ClN3O2/c1-3-16-9-5-4-7(13)6-8(9)11(17)10(15-16)12(18)14-2/h4-6H,3H2,1-2H3,(H,14,18). The molecule has 1 aromatic carbocycles. The molecule has 0 aliphatic carbocycles. The average Bonchev–Trinajstić information content (AvgIpc) is 2.39. The summed E-state index contributed by atoms with van der Waals surface area (Å²) in [5.41, 5.74) is 0.144. The Kier molecular flexibility index (Phi) is 3.34. The van der Waals surface area contributed by atoms with Crippen LogP contribution >= 0.6 is 11.6 Å². The fraction of sp³-hybridized carbons (Fsp3) is 0.250. The van der Waals surface area contributed by atoms with E-state index in [9.17, 15) is 9.59 Å². The van der Waals surface area contributed by atoms with Crippen molar-refractivity contribution in [1.82, 2.24) is 15.1 Å². The van der Waals surface area contributed by atoms with Gasteiger partial charge < -0.3 is 5.32 Å². The first-order valence-electron chi connectivity index (χ1n) is 5.51. The molecule has 0 spiro atoms. The fourth-order valence-corrected chi connectivity index (χ4v) is 1.94. The highest BCUT2D eigenvalue weighted by Crippen LogP contribution is 2.16. The number of aryl methyl sites for hydroxylation is 1. The number of carbonyl (C=O) groups excluding carboxylic acids is 1. The summed E-state index contributed by atoms with van der Waals surface area (Å²) in [6.07, 6.45) is 0. The minimum Gasteiger partial charge on any atom is -0.354 e. The van der Waals surface area contributed by atoms with E-state index in [1.54, 1.807) is 22.9 Å². The number of fused-ring (bicyclic) bond motifs is 1. The lowest BCUT2D eigenvalue weighted by molar-refractivity contribution is 0.0955. The number of rotatable bonds is 2. The van der Waals surface area contributed by atoms with Gasteiger partial charge in [-0.25, -0.2) is 0 Å². The van der Waals surface area contributed by atoms with E-state index in [0.717, 1.165) is 0 Å². The smallest absolute Gasteiger partial charge is 0.275 e. The van der Waals surface area contributed by atoms with Gasteiger partial charge in [0.25, 0.3) is 5.91 Å². The number of halogens is 1. The Bertz CT molecular complexity index is 679. The van der Waals surface area contributed by atoms with Gasteiger partial charge in [-0.2, -0.15) is 5.10 Å². The van der Waals surface area contributed by atoms with Crippen LogP contribution in [0.4, 0.5) is 0 Å². The lowest BCUT2D eigenvalue weighted by Gasteiger charge is -2.09. The van der Waals surface area contributed by atoms with Crippen LogP contribution in [0.1, 0.15) is 17.4 Å². The molecule has 2 rings (SSSR count). The van der Waals surface area contributed by atoms with E-state index in [2.05, 4.69) is 10.4 Å². The number of amides is 1. The second-order valence-electron chi connectivity index (χ2n) is 3.73. The Labute approximate surface area is 108 Å². The number of hydrogen-bond donors (Lipinski definition) is 1. The lowest BCUT2D eigenvalue weighted by Crippen LogP contribution is -2.29. The molecule has 0 saturated heterocycles. The van der Waals surface area contributed by atoms with E-state index in [1.165, 1.54) is 7.05 Å². The second kappa shape index (κ2) is 4.78.